The molecule has 4 heteroatoms. The molecule has 90 valence electrons. The summed E-state index contributed by atoms with van der Waals surface area (Å²) in [4.78, 5) is 22.0. The van der Waals surface area contributed by atoms with Crippen LogP contribution in [0.25, 0.3) is 0 Å². The number of esters is 1. The molecule has 0 heterocycles. The number of benzene rings is 1. The highest BCUT2D eigenvalue weighted by Gasteiger charge is 2.08. The zero-order valence-corrected chi connectivity index (χ0v) is 9.47. The molecule has 0 aromatic heterocycles. The molecular formula is C14H10O4. The Hall–Kier alpha value is -2.72. The molecule has 0 bridgehead atoms. The van der Waals surface area contributed by atoms with Gasteiger partial charge in [0.15, 0.2) is 0 Å². The lowest BCUT2D eigenvalue weighted by Crippen LogP contribution is -2.02. The first-order chi connectivity index (χ1) is 8.65. The highest BCUT2D eigenvalue weighted by molar-refractivity contribution is 5.92. The van der Waals surface area contributed by atoms with Crippen molar-refractivity contribution in [2.75, 3.05) is 0 Å². The van der Waals surface area contributed by atoms with Crippen LogP contribution in [0.2, 0.25) is 0 Å². The molecule has 1 aromatic carbocycles. The van der Waals surface area contributed by atoms with Crippen molar-refractivity contribution in [2.24, 2.45) is 0 Å². The van der Waals surface area contributed by atoms with E-state index in [1.807, 2.05) is 0 Å². The van der Waals surface area contributed by atoms with Crippen molar-refractivity contribution in [2.45, 2.75) is 12.8 Å². The van der Waals surface area contributed by atoms with E-state index in [0.717, 1.165) is 0 Å². The lowest BCUT2D eigenvalue weighted by Gasteiger charge is -1.98. The topological polar surface area (TPSA) is 63.6 Å². The van der Waals surface area contributed by atoms with Crippen LogP contribution in [0, 0.1) is 24.4 Å². The number of hydrogen-bond acceptors (Lipinski definition) is 3. The van der Waals surface area contributed by atoms with Crippen molar-refractivity contribution in [1.29, 1.82) is 0 Å². The zero-order chi connectivity index (χ0) is 13.4. The van der Waals surface area contributed by atoms with E-state index in [1.54, 1.807) is 0 Å². The van der Waals surface area contributed by atoms with Crippen LogP contribution >= 0.6 is 0 Å². The van der Waals surface area contributed by atoms with Gasteiger partial charge in [-0.05, 0) is 24.3 Å². The molecule has 0 saturated heterocycles. The summed E-state index contributed by atoms with van der Waals surface area (Å²) in [6.07, 6.45) is 8.23. The minimum Gasteiger partial charge on any atom is -0.478 e. The summed E-state index contributed by atoms with van der Waals surface area (Å²) in [5.41, 5.74) is 0.345. The fourth-order valence-electron chi connectivity index (χ4n) is 1.08. The van der Waals surface area contributed by atoms with Crippen LogP contribution in [0.1, 0.15) is 33.6 Å². The Morgan fingerprint density at radius 2 is 1.78 bits per heavy atom. The van der Waals surface area contributed by atoms with Gasteiger partial charge in [0.2, 0.25) is 0 Å². The highest BCUT2D eigenvalue weighted by Crippen LogP contribution is 2.05. The van der Waals surface area contributed by atoms with E-state index >= 15 is 0 Å². The first-order valence-electron chi connectivity index (χ1n) is 5.11. The molecule has 0 aliphatic rings. The van der Waals surface area contributed by atoms with E-state index in [2.05, 4.69) is 22.7 Å². The molecule has 0 amide bonds. The third-order valence-electron chi connectivity index (χ3n) is 1.98. The average Bonchev–Trinajstić information content (AvgIpc) is 2.38. The fourth-order valence-corrected chi connectivity index (χ4v) is 1.08. The number of carboxylic acids is 1. The monoisotopic (exact) mass is 242 g/mol. The summed E-state index contributed by atoms with van der Waals surface area (Å²) in [6.45, 7) is 0. The SMILES string of the molecule is C#CCCC#COC(=O)c1ccc(C(=O)O)cc1. The van der Waals surface area contributed by atoms with Gasteiger partial charge in [-0.15, -0.1) is 12.3 Å². The number of rotatable bonds is 3. The summed E-state index contributed by atoms with van der Waals surface area (Å²) in [6, 6.07) is 5.39. The van der Waals surface area contributed by atoms with Crippen molar-refractivity contribution in [3.63, 3.8) is 0 Å². The molecule has 0 fully saturated rings. The Kier molecular flexibility index (Phi) is 5.02. The Morgan fingerprint density at radius 1 is 1.17 bits per heavy atom. The maximum atomic E-state index is 11.4. The number of aromatic carboxylic acids is 1. The number of hydrogen-bond donors (Lipinski definition) is 1. The average molecular weight is 242 g/mol. The number of unbranched alkanes of at least 4 members (excludes halogenated alkanes) is 1. The summed E-state index contributed by atoms with van der Waals surface area (Å²) < 4.78 is 4.66. The second-order valence-corrected chi connectivity index (χ2v) is 3.25. The van der Waals surface area contributed by atoms with E-state index in [0.29, 0.717) is 12.8 Å². The van der Waals surface area contributed by atoms with Gasteiger partial charge in [0.25, 0.3) is 0 Å². The summed E-state index contributed by atoms with van der Waals surface area (Å²) >= 11 is 0. The van der Waals surface area contributed by atoms with Gasteiger partial charge in [0.1, 0.15) is 6.11 Å². The zero-order valence-electron chi connectivity index (χ0n) is 9.47. The van der Waals surface area contributed by atoms with Gasteiger partial charge in [-0.1, -0.05) is 5.92 Å². The van der Waals surface area contributed by atoms with Crippen LogP contribution in [0.4, 0.5) is 0 Å². The molecule has 0 aliphatic heterocycles. The Labute approximate surface area is 105 Å². The number of carbonyl (C=O) groups is 2. The van der Waals surface area contributed by atoms with Crippen LogP contribution in [-0.2, 0) is 4.74 Å². The summed E-state index contributed by atoms with van der Waals surface area (Å²) in [5.74, 6) is 3.32. The highest BCUT2D eigenvalue weighted by atomic mass is 16.5. The smallest absolute Gasteiger partial charge is 0.352 e. The third-order valence-corrected chi connectivity index (χ3v) is 1.98. The van der Waals surface area contributed by atoms with Gasteiger partial charge in [-0.25, -0.2) is 9.59 Å². The molecule has 4 nitrogen and oxygen atoms in total. The second kappa shape index (κ2) is 6.78. The molecule has 0 spiro atoms. The largest absolute Gasteiger partial charge is 0.478 e. The maximum absolute atomic E-state index is 11.4. The number of carbonyl (C=O) groups excluding carboxylic acids is 1. The minimum atomic E-state index is -1.05. The van der Waals surface area contributed by atoms with Gasteiger partial charge >= 0.3 is 11.9 Å². The molecule has 1 rings (SSSR count). The maximum Gasteiger partial charge on any atom is 0.352 e. The summed E-state index contributed by atoms with van der Waals surface area (Å²) in [7, 11) is 0. The lowest BCUT2D eigenvalue weighted by molar-refractivity contribution is 0.0678. The van der Waals surface area contributed by atoms with Crippen molar-refractivity contribution >= 4 is 11.9 Å². The Bertz CT molecular complexity index is 538. The Balaban J connectivity index is 2.59. The van der Waals surface area contributed by atoms with Gasteiger partial charge < -0.3 is 9.84 Å². The third kappa shape index (κ3) is 4.03. The normalized spacial score (nSPS) is 8.61. The second-order valence-electron chi connectivity index (χ2n) is 3.25. The molecule has 0 saturated carbocycles. The molecular weight excluding hydrogens is 232 g/mol. The molecule has 18 heavy (non-hydrogen) atoms. The van der Waals surface area contributed by atoms with Crippen molar-refractivity contribution in [3.8, 4) is 24.4 Å². The van der Waals surface area contributed by atoms with E-state index in [1.165, 1.54) is 24.3 Å². The lowest BCUT2D eigenvalue weighted by atomic mass is 10.1. The van der Waals surface area contributed by atoms with Crippen LogP contribution in [0.3, 0.4) is 0 Å². The molecule has 0 radical (unpaired) electrons. The fraction of sp³-hybridized carbons (Fsp3) is 0.143. The standard InChI is InChI=1S/C14H10O4/c1-2-3-4-5-10-18-14(17)12-8-6-11(7-9-12)13(15)16/h1,6-9H,3-4H2,(H,15,16). The van der Waals surface area contributed by atoms with Gasteiger partial charge in [0, 0.05) is 12.8 Å². The predicted octanol–water partition coefficient (Wildman–Crippen LogP) is 1.92. The van der Waals surface area contributed by atoms with Gasteiger partial charge in [-0.3, -0.25) is 0 Å². The number of terminal acetylenes is 1. The van der Waals surface area contributed by atoms with Crippen molar-refractivity contribution in [3.05, 3.63) is 35.4 Å². The molecule has 0 unspecified atom stereocenters. The van der Waals surface area contributed by atoms with E-state index in [9.17, 15) is 9.59 Å². The minimum absolute atomic E-state index is 0.103. The van der Waals surface area contributed by atoms with Gasteiger partial charge in [0.05, 0.1) is 11.1 Å². The van der Waals surface area contributed by atoms with E-state index < -0.39 is 11.9 Å². The molecule has 0 atom stereocenters. The van der Waals surface area contributed by atoms with Crippen LogP contribution in [-0.4, -0.2) is 17.0 Å². The first kappa shape index (κ1) is 13.3. The van der Waals surface area contributed by atoms with E-state index in [-0.39, 0.29) is 11.1 Å². The predicted molar refractivity (Wildman–Crippen MR) is 64.7 cm³/mol. The van der Waals surface area contributed by atoms with Crippen LogP contribution < -0.4 is 0 Å². The molecule has 0 aliphatic carbocycles. The van der Waals surface area contributed by atoms with Crippen molar-refractivity contribution < 1.29 is 19.4 Å². The molecule has 1 N–H and O–H groups in total. The number of ether oxygens (including phenoxy) is 1. The van der Waals surface area contributed by atoms with Crippen LogP contribution in [0.5, 0.6) is 0 Å². The quantitative estimate of drug-likeness (QED) is 0.499. The summed E-state index contributed by atoms with van der Waals surface area (Å²) in [5, 5.41) is 8.68. The van der Waals surface area contributed by atoms with Gasteiger partial charge in [-0.2, -0.15) is 0 Å². The molecule has 1 aromatic rings. The van der Waals surface area contributed by atoms with E-state index in [4.69, 9.17) is 11.5 Å². The Morgan fingerprint density at radius 3 is 2.33 bits per heavy atom. The first-order valence-corrected chi connectivity index (χ1v) is 5.11. The van der Waals surface area contributed by atoms with Crippen LogP contribution in [0.15, 0.2) is 24.3 Å². The number of carboxylic acid groups (broad SMARTS) is 1. The van der Waals surface area contributed by atoms with Crippen molar-refractivity contribution in [1.82, 2.24) is 0 Å².